The molecule has 0 aliphatic rings. The standard InChI is InChI=1S/C16H12F3NO2/c17-13-3-1-2-4-14(13)20-15(21)10-7-11-5-8-12(9-6-11)22-16(18)19/h1-10,16H,(H,20,21). The van der Waals surface area contributed by atoms with Crippen LogP contribution in [0.2, 0.25) is 0 Å². The molecule has 0 saturated heterocycles. The highest BCUT2D eigenvalue weighted by molar-refractivity contribution is 6.01. The Morgan fingerprint density at radius 1 is 1.09 bits per heavy atom. The van der Waals surface area contributed by atoms with Gasteiger partial charge in [0.05, 0.1) is 5.69 Å². The summed E-state index contributed by atoms with van der Waals surface area (Å²) < 4.78 is 41.5. The summed E-state index contributed by atoms with van der Waals surface area (Å²) in [7, 11) is 0. The molecule has 0 heterocycles. The number of halogens is 3. The van der Waals surface area contributed by atoms with Crippen LogP contribution in [-0.4, -0.2) is 12.5 Å². The monoisotopic (exact) mass is 307 g/mol. The van der Waals surface area contributed by atoms with Crippen molar-refractivity contribution in [1.29, 1.82) is 0 Å². The fourth-order valence-electron chi connectivity index (χ4n) is 1.67. The molecule has 0 unspecified atom stereocenters. The van der Waals surface area contributed by atoms with Crippen molar-refractivity contribution >= 4 is 17.7 Å². The number of hydrogen-bond donors (Lipinski definition) is 1. The second-order valence-corrected chi connectivity index (χ2v) is 4.25. The first-order chi connectivity index (χ1) is 10.5. The van der Waals surface area contributed by atoms with Crippen molar-refractivity contribution in [2.45, 2.75) is 6.61 Å². The predicted octanol–water partition coefficient (Wildman–Crippen LogP) is 4.08. The van der Waals surface area contributed by atoms with Crippen LogP contribution in [0.5, 0.6) is 5.75 Å². The van der Waals surface area contributed by atoms with Gasteiger partial charge in [0.2, 0.25) is 5.91 Å². The van der Waals surface area contributed by atoms with E-state index in [0.717, 1.165) is 0 Å². The van der Waals surface area contributed by atoms with Gasteiger partial charge in [-0.2, -0.15) is 8.78 Å². The van der Waals surface area contributed by atoms with E-state index in [9.17, 15) is 18.0 Å². The summed E-state index contributed by atoms with van der Waals surface area (Å²) >= 11 is 0. The van der Waals surface area contributed by atoms with Crippen molar-refractivity contribution in [3.8, 4) is 5.75 Å². The van der Waals surface area contributed by atoms with E-state index in [1.54, 1.807) is 6.07 Å². The van der Waals surface area contributed by atoms with Gasteiger partial charge in [0.15, 0.2) is 0 Å². The predicted molar refractivity (Wildman–Crippen MR) is 77.1 cm³/mol. The summed E-state index contributed by atoms with van der Waals surface area (Å²) in [6.07, 6.45) is 2.69. The number of ether oxygens (including phenoxy) is 1. The van der Waals surface area contributed by atoms with Crippen LogP contribution in [0.4, 0.5) is 18.9 Å². The van der Waals surface area contributed by atoms with E-state index < -0.39 is 18.3 Å². The largest absolute Gasteiger partial charge is 0.435 e. The molecule has 0 saturated carbocycles. The number of hydrogen-bond acceptors (Lipinski definition) is 2. The van der Waals surface area contributed by atoms with E-state index in [0.29, 0.717) is 5.56 Å². The van der Waals surface area contributed by atoms with Crippen LogP contribution >= 0.6 is 0 Å². The van der Waals surface area contributed by atoms with Crippen LogP contribution < -0.4 is 10.1 Å². The van der Waals surface area contributed by atoms with Crippen LogP contribution in [0.15, 0.2) is 54.6 Å². The Kier molecular flexibility index (Phi) is 5.19. The Hall–Kier alpha value is -2.76. The molecule has 3 nitrogen and oxygen atoms in total. The molecule has 2 rings (SSSR count). The molecule has 1 amide bonds. The molecule has 0 aromatic heterocycles. The molecule has 6 heteroatoms. The van der Waals surface area contributed by atoms with Gasteiger partial charge in [0.25, 0.3) is 0 Å². The second kappa shape index (κ2) is 7.31. The van der Waals surface area contributed by atoms with Crippen molar-refractivity contribution < 1.29 is 22.7 Å². The Bertz CT molecular complexity index is 669. The highest BCUT2D eigenvalue weighted by atomic mass is 19.3. The number of amides is 1. The normalized spacial score (nSPS) is 10.9. The zero-order valence-corrected chi connectivity index (χ0v) is 11.3. The number of rotatable bonds is 5. The Labute approximate surface area is 125 Å². The Morgan fingerprint density at radius 3 is 2.41 bits per heavy atom. The van der Waals surface area contributed by atoms with Gasteiger partial charge < -0.3 is 10.1 Å². The third kappa shape index (κ3) is 4.66. The topological polar surface area (TPSA) is 38.3 Å². The molecule has 0 atom stereocenters. The van der Waals surface area contributed by atoms with Gasteiger partial charge in [0.1, 0.15) is 11.6 Å². The summed E-state index contributed by atoms with van der Waals surface area (Å²) in [4.78, 5) is 11.7. The van der Waals surface area contributed by atoms with Gasteiger partial charge in [-0.3, -0.25) is 4.79 Å². The molecule has 0 bridgehead atoms. The summed E-state index contributed by atoms with van der Waals surface area (Å²) in [5, 5.41) is 2.39. The van der Waals surface area contributed by atoms with E-state index in [1.165, 1.54) is 54.6 Å². The third-order valence-electron chi connectivity index (χ3n) is 2.66. The minimum absolute atomic E-state index is 0.0305. The van der Waals surface area contributed by atoms with Crippen LogP contribution in [0.1, 0.15) is 5.56 Å². The number of carbonyl (C=O) groups is 1. The quantitative estimate of drug-likeness (QED) is 0.845. The van der Waals surface area contributed by atoms with E-state index >= 15 is 0 Å². The molecule has 0 fully saturated rings. The van der Waals surface area contributed by atoms with Crippen LogP contribution in [0, 0.1) is 5.82 Å². The number of para-hydroxylation sites is 1. The SMILES string of the molecule is O=C(C=Cc1ccc(OC(F)F)cc1)Nc1ccccc1F. The molecule has 22 heavy (non-hydrogen) atoms. The highest BCUT2D eigenvalue weighted by Crippen LogP contribution is 2.16. The smallest absolute Gasteiger partial charge is 0.387 e. The van der Waals surface area contributed by atoms with Crippen molar-refractivity contribution in [3.05, 3.63) is 66.0 Å². The van der Waals surface area contributed by atoms with Gasteiger partial charge in [-0.15, -0.1) is 0 Å². The number of anilines is 1. The first kappa shape index (κ1) is 15.6. The van der Waals surface area contributed by atoms with Crippen molar-refractivity contribution in [1.82, 2.24) is 0 Å². The molecule has 0 aliphatic heterocycles. The molecule has 0 radical (unpaired) electrons. The third-order valence-corrected chi connectivity index (χ3v) is 2.66. The lowest BCUT2D eigenvalue weighted by Crippen LogP contribution is -2.08. The molecule has 0 aliphatic carbocycles. The Morgan fingerprint density at radius 2 is 1.77 bits per heavy atom. The fraction of sp³-hybridized carbons (Fsp3) is 0.0625. The van der Waals surface area contributed by atoms with Gasteiger partial charge in [-0.1, -0.05) is 24.3 Å². The van der Waals surface area contributed by atoms with Crippen molar-refractivity contribution in [2.24, 2.45) is 0 Å². The fourth-order valence-corrected chi connectivity index (χ4v) is 1.67. The molecular formula is C16H12F3NO2. The van der Waals surface area contributed by atoms with Crippen LogP contribution in [0.25, 0.3) is 6.08 Å². The van der Waals surface area contributed by atoms with Gasteiger partial charge in [-0.05, 0) is 35.9 Å². The summed E-state index contributed by atoms with van der Waals surface area (Å²) in [5.74, 6) is -1.00. The van der Waals surface area contributed by atoms with Crippen LogP contribution in [-0.2, 0) is 4.79 Å². The lowest BCUT2D eigenvalue weighted by molar-refractivity contribution is -0.111. The number of carbonyl (C=O) groups excluding carboxylic acids is 1. The van der Waals surface area contributed by atoms with Gasteiger partial charge in [-0.25, -0.2) is 4.39 Å². The molecule has 2 aromatic carbocycles. The zero-order chi connectivity index (χ0) is 15.9. The maximum absolute atomic E-state index is 13.3. The lowest BCUT2D eigenvalue weighted by atomic mass is 10.2. The van der Waals surface area contributed by atoms with Crippen molar-refractivity contribution in [2.75, 3.05) is 5.32 Å². The average Bonchev–Trinajstić information content (AvgIpc) is 2.48. The maximum Gasteiger partial charge on any atom is 0.387 e. The first-order valence-electron chi connectivity index (χ1n) is 6.33. The minimum atomic E-state index is -2.88. The van der Waals surface area contributed by atoms with E-state index in [-0.39, 0.29) is 11.4 Å². The molecular weight excluding hydrogens is 295 g/mol. The van der Waals surface area contributed by atoms with Crippen LogP contribution in [0.3, 0.4) is 0 Å². The second-order valence-electron chi connectivity index (χ2n) is 4.25. The summed E-state index contributed by atoms with van der Waals surface area (Å²) in [6.45, 7) is -2.88. The van der Waals surface area contributed by atoms with E-state index in [2.05, 4.69) is 10.1 Å². The zero-order valence-electron chi connectivity index (χ0n) is 11.3. The van der Waals surface area contributed by atoms with E-state index in [4.69, 9.17) is 0 Å². The van der Waals surface area contributed by atoms with E-state index in [1.807, 2.05) is 0 Å². The lowest BCUT2D eigenvalue weighted by Gasteiger charge is -2.04. The number of alkyl halides is 2. The highest BCUT2D eigenvalue weighted by Gasteiger charge is 2.04. The maximum atomic E-state index is 13.3. The minimum Gasteiger partial charge on any atom is -0.435 e. The summed E-state index contributed by atoms with van der Waals surface area (Å²) in [5.41, 5.74) is 0.697. The van der Waals surface area contributed by atoms with Gasteiger partial charge in [0, 0.05) is 6.08 Å². The number of nitrogens with one attached hydrogen (secondary N) is 1. The molecule has 114 valence electrons. The molecule has 2 aromatic rings. The van der Waals surface area contributed by atoms with Crippen molar-refractivity contribution in [3.63, 3.8) is 0 Å². The number of benzene rings is 2. The summed E-state index contributed by atoms with van der Waals surface area (Å²) in [6, 6.07) is 11.6. The molecule has 1 N–H and O–H groups in total. The molecule has 0 spiro atoms. The Balaban J connectivity index is 1.96. The average molecular weight is 307 g/mol. The first-order valence-corrected chi connectivity index (χ1v) is 6.33. The van der Waals surface area contributed by atoms with Gasteiger partial charge >= 0.3 is 6.61 Å².